The number of aryl methyl sites for hydroxylation is 1. The first-order valence-corrected chi connectivity index (χ1v) is 9.21. The summed E-state index contributed by atoms with van der Waals surface area (Å²) in [6.07, 6.45) is 1.47. The highest BCUT2D eigenvalue weighted by molar-refractivity contribution is 5.92. The summed E-state index contributed by atoms with van der Waals surface area (Å²) in [5.74, 6) is 1.14. The van der Waals surface area contributed by atoms with E-state index in [1.54, 1.807) is 28.6 Å². The molecule has 1 saturated heterocycles. The molecule has 27 heavy (non-hydrogen) atoms. The van der Waals surface area contributed by atoms with Crippen LogP contribution in [0.4, 0.5) is 0 Å². The van der Waals surface area contributed by atoms with Crippen LogP contribution in [0.25, 0.3) is 0 Å². The van der Waals surface area contributed by atoms with E-state index in [0.717, 1.165) is 13.1 Å². The number of furan rings is 1. The van der Waals surface area contributed by atoms with E-state index in [0.29, 0.717) is 44.3 Å². The standard InChI is InChI=1S/C18H24N6O3/c1-13-3-4-15(27-13)18(26)23-9-14(10-24-16(11-23)19-12-20-24)17(25)22-7-5-21(2)6-8-22/h3-4,12,14H,5-11H2,1-2H3. The molecule has 0 radical (unpaired) electrons. The van der Waals surface area contributed by atoms with Crippen molar-refractivity contribution in [2.75, 3.05) is 39.8 Å². The summed E-state index contributed by atoms with van der Waals surface area (Å²) >= 11 is 0. The summed E-state index contributed by atoms with van der Waals surface area (Å²) in [6.45, 7) is 6.02. The van der Waals surface area contributed by atoms with E-state index in [2.05, 4.69) is 22.0 Å². The van der Waals surface area contributed by atoms with Crippen molar-refractivity contribution >= 4 is 11.8 Å². The number of nitrogens with zero attached hydrogens (tertiary/aromatic N) is 6. The summed E-state index contributed by atoms with van der Waals surface area (Å²) < 4.78 is 7.23. The molecule has 2 aliphatic rings. The fourth-order valence-electron chi connectivity index (χ4n) is 3.63. The largest absolute Gasteiger partial charge is 0.456 e. The Hall–Kier alpha value is -2.68. The summed E-state index contributed by atoms with van der Waals surface area (Å²) in [5.41, 5.74) is 0. The third-order valence-electron chi connectivity index (χ3n) is 5.26. The molecule has 2 aromatic rings. The lowest BCUT2D eigenvalue weighted by Crippen LogP contribution is -2.51. The fourth-order valence-corrected chi connectivity index (χ4v) is 3.63. The number of hydrogen-bond donors (Lipinski definition) is 0. The molecular weight excluding hydrogens is 348 g/mol. The van der Waals surface area contributed by atoms with E-state index in [1.165, 1.54) is 6.33 Å². The lowest BCUT2D eigenvalue weighted by Gasteiger charge is -2.35. The van der Waals surface area contributed by atoms with Gasteiger partial charge in [0, 0.05) is 32.7 Å². The molecule has 0 bridgehead atoms. The Labute approximate surface area is 157 Å². The molecule has 4 heterocycles. The van der Waals surface area contributed by atoms with Crippen molar-refractivity contribution in [2.45, 2.75) is 20.0 Å². The van der Waals surface area contributed by atoms with Gasteiger partial charge in [0.25, 0.3) is 5.91 Å². The normalized spacial score (nSPS) is 21.0. The highest BCUT2D eigenvalue weighted by atomic mass is 16.3. The first-order valence-electron chi connectivity index (χ1n) is 9.21. The monoisotopic (exact) mass is 372 g/mol. The Morgan fingerprint density at radius 3 is 2.59 bits per heavy atom. The van der Waals surface area contributed by atoms with Crippen LogP contribution in [0.5, 0.6) is 0 Å². The smallest absolute Gasteiger partial charge is 0.289 e. The van der Waals surface area contributed by atoms with Crippen LogP contribution in [0.1, 0.15) is 22.1 Å². The minimum atomic E-state index is -0.351. The molecule has 9 nitrogen and oxygen atoms in total. The van der Waals surface area contributed by atoms with Crippen molar-refractivity contribution < 1.29 is 14.0 Å². The number of carbonyl (C=O) groups is 2. The third-order valence-corrected chi connectivity index (χ3v) is 5.26. The average Bonchev–Trinajstić information content (AvgIpc) is 3.25. The second kappa shape index (κ2) is 7.15. The molecule has 0 spiro atoms. The van der Waals surface area contributed by atoms with Gasteiger partial charge in [-0.05, 0) is 26.1 Å². The maximum Gasteiger partial charge on any atom is 0.289 e. The van der Waals surface area contributed by atoms with Crippen LogP contribution in [0.2, 0.25) is 0 Å². The fraction of sp³-hybridized carbons (Fsp3) is 0.556. The van der Waals surface area contributed by atoms with E-state index >= 15 is 0 Å². The second-order valence-electron chi connectivity index (χ2n) is 7.28. The molecule has 0 aliphatic carbocycles. The zero-order valence-electron chi connectivity index (χ0n) is 15.7. The topological polar surface area (TPSA) is 87.7 Å². The van der Waals surface area contributed by atoms with Gasteiger partial charge in [0.2, 0.25) is 5.91 Å². The number of likely N-dealkylation sites (N-methyl/N-ethyl adjacent to an activating group) is 1. The van der Waals surface area contributed by atoms with E-state index in [4.69, 9.17) is 4.42 Å². The van der Waals surface area contributed by atoms with Gasteiger partial charge in [0.1, 0.15) is 17.9 Å². The summed E-state index contributed by atoms with van der Waals surface area (Å²) in [4.78, 5) is 36.1. The first-order chi connectivity index (χ1) is 13.0. The number of carbonyl (C=O) groups excluding carboxylic acids is 2. The summed E-state index contributed by atoms with van der Waals surface area (Å²) in [5, 5.41) is 4.24. The predicted molar refractivity (Wildman–Crippen MR) is 95.8 cm³/mol. The molecule has 4 rings (SSSR count). The number of aromatic nitrogens is 3. The van der Waals surface area contributed by atoms with Crippen molar-refractivity contribution in [2.24, 2.45) is 5.92 Å². The Bertz CT molecular complexity index is 836. The van der Waals surface area contributed by atoms with E-state index in [1.807, 2.05) is 4.90 Å². The van der Waals surface area contributed by atoms with Gasteiger partial charge in [-0.1, -0.05) is 0 Å². The van der Waals surface area contributed by atoms with Gasteiger partial charge < -0.3 is 19.1 Å². The number of fused-ring (bicyclic) bond motifs is 1. The van der Waals surface area contributed by atoms with Crippen LogP contribution >= 0.6 is 0 Å². The minimum absolute atomic E-state index is 0.0693. The molecule has 0 saturated carbocycles. The van der Waals surface area contributed by atoms with Crippen molar-refractivity contribution in [1.29, 1.82) is 0 Å². The lowest BCUT2D eigenvalue weighted by atomic mass is 10.1. The van der Waals surface area contributed by atoms with E-state index in [9.17, 15) is 9.59 Å². The van der Waals surface area contributed by atoms with E-state index in [-0.39, 0.29) is 23.5 Å². The minimum Gasteiger partial charge on any atom is -0.456 e. The van der Waals surface area contributed by atoms with Gasteiger partial charge in [-0.3, -0.25) is 9.59 Å². The van der Waals surface area contributed by atoms with E-state index < -0.39 is 0 Å². The molecule has 0 N–H and O–H groups in total. The molecule has 1 fully saturated rings. The molecule has 2 aliphatic heterocycles. The molecule has 1 unspecified atom stereocenters. The first kappa shape index (κ1) is 17.7. The Morgan fingerprint density at radius 2 is 1.89 bits per heavy atom. The zero-order chi connectivity index (χ0) is 19.0. The Kier molecular flexibility index (Phi) is 4.69. The quantitative estimate of drug-likeness (QED) is 0.750. The summed E-state index contributed by atoms with van der Waals surface area (Å²) in [7, 11) is 2.06. The average molecular weight is 372 g/mol. The summed E-state index contributed by atoms with van der Waals surface area (Å²) in [6, 6.07) is 3.44. The van der Waals surface area contributed by atoms with Crippen LogP contribution in [0, 0.1) is 12.8 Å². The zero-order valence-corrected chi connectivity index (χ0v) is 15.7. The maximum atomic E-state index is 13.1. The van der Waals surface area contributed by atoms with Crippen LogP contribution in [-0.4, -0.2) is 81.1 Å². The van der Waals surface area contributed by atoms with Crippen LogP contribution in [0.15, 0.2) is 22.9 Å². The van der Waals surface area contributed by atoms with Gasteiger partial charge in [-0.15, -0.1) is 0 Å². The van der Waals surface area contributed by atoms with Gasteiger partial charge in [-0.2, -0.15) is 5.10 Å². The van der Waals surface area contributed by atoms with Gasteiger partial charge in [0.05, 0.1) is 19.0 Å². The van der Waals surface area contributed by atoms with Crippen molar-refractivity contribution in [3.63, 3.8) is 0 Å². The van der Waals surface area contributed by atoms with Crippen molar-refractivity contribution in [3.8, 4) is 0 Å². The Balaban J connectivity index is 1.56. The SMILES string of the molecule is Cc1ccc(C(=O)N2Cc3ncnn3CC(C(=O)N3CCN(C)CC3)C2)o1. The third kappa shape index (κ3) is 3.59. The van der Waals surface area contributed by atoms with Crippen LogP contribution in [0.3, 0.4) is 0 Å². The molecule has 2 amide bonds. The molecule has 144 valence electrons. The molecule has 1 atom stereocenters. The number of amides is 2. The Morgan fingerprint density at radius 1 is 1.11 bits per heavy atom. The van der Waals surface area contributed by atoms with Gasteiger partial charge in [0.15, 0.2) is 5.76 Å². The molecule has 9 heteroatoms. The lowest BCUT2D eigenvalue weighted by molar-refractivity contribution is -0.138. The predicted octanol–water partition coefficient (Wildman–Crippen LogP) is 0.226. The molecule has 0 aromatic carbocycles. The van der Waals surface area contributed by atoms with Crippen molar-refractivity contribution in [1.82, 2.24) is 29.5 Å². The van der Waals surface area contributed by atoms with Gasteiger partial charge >= 0.3 is 0 Å². The van der Waals surface area contributed by atoms with Crippen LogP contribution < -0.4 is 0 Å². The molecule has 2 aromatic heterocycles. The second-order valence-corrected chi connectivity index (χ2v) is 7.28. The maximum absolute atomic E-state index is 13.1. The number of piperazine rings is 1. The van der Waals surface area contributed by atoms with Crippen molar-refractivity contribution in [3.05, 3.63) is 35.8 Å². The number of hydrogen-bond acceptors (Lipinski definition) is 6. The highest BCUT2D eigenvalue weighted by Gasteiger charge is 2.34. The van der Waals surface area contributed by atoms with Crippen LogP contribution in [-0.2, 0) is 17.9 Å². The van der Waals surface area contributed by atoms with Gasteiger partial charge in [-0.25, -0.2) is 9.67 Å². The highest BCUT2D eigenvalue weighted by Crippen LogP contribution is 2.20. The number of rotatable bonds is 2. The molecular formula is C18H24N6O3.